The summed E-state index contributed by atoms with van der Waals surface area (Å²) in [7, 11) is 0. The quantitative estimate of drug-likeness (QED) is 0.464. The van der Waals surface area contributed by atoms with Gasteiger partial charge >= 0.3 is 0 Å². The highest BCUT2D eigenvalue weighted by molar-refractivity contribution is 5.68. The predicted octanol–water partition coefficient (Wildman–Crippen LogP) is 6.25. The van der Waals surface area contributed by atoms with Gasteiger partial charge < -0.3 is 9.80 Å². The Kier molecular flexibility index (Phi) is 6.78. The minimum atomic E-state index is 0.824. The molecule has 1 aliphatic heterocycles. The Hall–Kier alpha value is -2.88. The number of aromatic nitrogens is 2. The van der Waals surface area contributed by atoms with Gasteiger partial charge in [0.15, 0.2) is 0 Å². The van der Waals surface area contributed by atoms with E-state index < -0.39 is 0 Å². The minimum Gasteiger partial charge on any atom is -0.356 e. The molecule has 0 aliphatic carbocycles. The molecule has 0 bridgehead atoms. The summed E-state index contributed by atoms with van der Waals surface area (Å²) < 4.78 is 0. The van der Waals surface area contributed by atoms with Crippen molar-refractivity contribution in [3.8, 4) is 0 Å². The lowest BCUT2D eigenvalue weighted by Gasteiger charge is -2.29. The first-order chi connectivity index (χ1) is 15.5. The van der Waals surface area contributed by atoms with E-state index in [0.29, 0.717) is 0 Å². The molecule has 1 aliphatic rings. The normalized spacial score (nSPS) is 13.6. The zero-order valence-electron chi connectivity index (χ0n) is 20.3. The third-order valence-corrected chi connectivity index (χ3v) is 6.56. The molecule has 4 heteroatoms. The number of hydrogen-bond donors (Lipinski definition) is 0. The molecule has 2 heterocycles. The van der Waals surface area contributed by atoms with Crippen LogP contribution in [0.1, 0.15) is 53.3 Å². The predicted molar refractivity (Wildman–Crippen MR) is 135 cm³/mol. The van der Waals surface area contributed by atoms with Gasteiger partial charge in [-0.1, -0.05) is 48.0 Å². The van der Waals surface area contributed by atoms with E-state index >= 15 is 0 Å². The molecular formula is C28H36N4. The molecule has 0 spiro atoms. The minimum absolute atomic E-state index is 0.824. The monoisotopic (exact) mass is 428 g/mol. The molecule has 0 atom stereocenters. The number of rotatable bonds is 6. The lowest BCUT2D eigenvalue weighted by Crippen LogP contribution is -2.29. The maximum absolute atomic E-state index is 5.22. The smallest absolute Gasteiger partial charge is 0.232 e. The molecule has 0 amide bonds. The summed E-state index contributed by atoms with van der Waals surface area (Å²) in [6.45, 7) is 13.8. The lowest BCUT2D eigenvalue weighted by atomic mass is 10.0. The first-order valence-electron chi connectivity index (χ1n) is 12.0. The van der Waals surface area contributed by atoms with Crippen LogP contribution in [-0.2, 0) is 12.8 Å². The molecule has 1 aromatic heterocycles. The van der Waals surface area contributed by atoms with Crippen LogP contribution < -0.4 is 9.80 Å². The molecule has 0 fully saturated rings. The Morgan fingerprint density at radius 1 is 0.938 bits per heavy atom. The number of anilines is 3. The highest BCUT2D eigenvalue weighted by Crippen LogP contribution is 2.34. The number of hydrogen-bond acceptors (Lipinski definition) is 4. The van der Waals surface area contributed by atoms with Crippen LogP contribution in [0.4, 0.5) is 17.5 Å². The molecule has 3 aromatic rings. The standard InChI is InChI=1S/C28H36N4/c1-6-32(26-21(3)18-20(2)19-22(26)4)28-29-23(5)25-14-10-11-16-31(27(25)30-28)17-15-24-12-8-7-9-13-24/h7-9,12-13,18-19H,6,10-11,14-17H2,1-5H3. The van der Waals surface area contributed by atoms with E-state index in [4.69, 9.17) is 9.97 Å². The van der Waals surface area contributed by atoms with E-state index in [1.165, 1.54) is 46.3 Å². The van der Waals surface area contributed by atoms with E-state index in [9.17, 15) is 0 Å². The van der Waals surface area contributed by atoms with Crippen molar-refractivity contribution in [3.63, 3.8) is 0 Å². The van der Waals surface area contributed by atoms with Crippen molar-refractivity contribution in [2.24, 2.45) is 0 Å². The van der Waals surface area contributed by atoms with Crippen molar-refractivity contribution in [1.82, 2.24) is 9.97 Å². The fraction of sp³-hybridized carbons (Fsp3) is 0.429. The average Bonchev–Trinajstić information content (AvgIpc) is 2.98. The Labute approximate surface area is 193 Å². The van der Waals surface area contributed by atoms with Crippen LogP contribution in [-0.4, -0.2) is 29.6 Å². The van der Waals surface area contributed by atoms with Gasteiger partial charge in [0.1, 0.15) is 5.82 Å². The van der Waals surface area contributed by atoms with Crippen LogP contribution >= 0.6 is 0 Å². The van der Waals surface area contributed by atoms with E-state index in [1.807, 2.05) is 0 Å². The summed E-state index contributed by atoms with van der Waals surface area (Å²) in [4.78, 5) is 15.0. The van der Waals surface area contributed by atoms with Gasteiger partial charge in [-0.2, -0.15) is 4.98 Å². The molecule has 32 heavy (non-hydrogen) atoms. The number of benzene rings is 2. The topological polar surface area (TPSA) is 32.3 Å². The fourth-order valence-corrected chi connectivity index (χ4v) is 5.08. The molecule has 4 rings (SSSR count). The van der Waals surface area contributed by atoms with Gasteiger partial charge in [0.05, 0.1) is 0 Å². The van der Waals surface area contributed by atoms with Crippen molar-refractivity contribution in [3.05, 3.63) is 76.0 Å². The zero-order valence-corrected chi connectivity index (χ0v) is 20.3. The van der Waals surface area contributed by atoms with Crippen molar-refractivity contribution in [1.29, 1.82) is 0 Å². The van der Waals surface area contributed by atoms with Gasteiger partial charge in [0, 0.05) is 36.6 Å². The molecule has 2 aromatic carbocycles. The van der Waals surface area contributed by atoms with Crippen LogP contribution in [0.3, 0.4) is 0 Å². The Morgan fingerprint density at radius 2 is 1.66 bits per heavy atom. The molecule has 0 N–H and O–H groups in total. The van der Waals surface area contributed by atoms with Gasteiger partial charge in [0.25, 0.3) is 0 Å². The Morgan fingerprint density at radius 3 is 2.34 bits per heavy atom. The van der Waals surface area contributed by atoms with Gasteiger partial charge in [-0.05, 0) is 77.0 Å². The summed E-state index contributed by atoms with van der Waals surface area (Å²) in [6.07, 6.45) is 4.50. The van der Waals surface area contributed by atoms with Crippen molar-refractivity contribution in [2.45, 2.75) is 60.3 Å². The second-order valence-corrected chi connectivity index (χ2v) is 9.08. The Bertz CT molecular complexity index is 1050. The Balaban J connectivity index is 1.72. The first kappa shape index (κ1) is 22.3. The van der Waals surface area contributed by atoms with Gasteiger partial charge in [-0.15, -0.1) is 0 Å². The van der Waals surface area contributed by atoms with Crippen LogP contribution in [0, 0.1) is 27.7 Å². The van der Waals surface area contributed by atoms with E-state index in [1.54, 1.807) is 0 Å². The van der Waals surface area contributed by atoms with Crippen molar-refractivity contribution in [2.75, 3.05) is 29.4 Å². The average molecular weight is 429 g/mol. The van der Waals surface area contributed by atoms with E-state index in [-0.39, 0.29) is 0 Å². The molecule has 0 unspecified atom stereocenters. The number of nitrogens with zero attached hydrogens (tertiary/aromatic N) is 4. The highest BCUT2D eigenvalue weighted by Gasteiger charge is 2.23. The van der Waals surface area contributed by atoms with E-state index in [2.05, 4.69) is 86.9 Å². The maximum atomic E-state index is 5.22. The van der Waals surface area contributed by atoms with Crippen LogP contribution in [0.25, 0.3) is 0 Å². The number of fused-ring (bicyclic) bond motifs is 1. The third kappa shape index (κ3) is 4.64. The SMILES string of the molecule is CCN(c1nc(C)c2c(n1)N(CCc1ccccc1)CCCC2)c1c(C)cc(C)cc1C. The van der Waals surface area contributed by atoms with Crippen LogP contribution in [0.15, 0.2) is 42.5 Å². The second kappa shape index (κ2) is 9.72. The summed E-state index contributed by atoms with van der Waals surface area (Å²) in [5.74, 6) is 1.97. The third-order valence-electron chi connectivity index (χ3n) is 6.56. The molecule has 168 valence electrons. The lowest BCUT2D eigenvalue weighted by molar-refractivity contribution is 0.707. The van der Waals surface area contributed by atoms with Gasteiger partial charge in [-0.25, -0.2) is 4.98 Å². The van der Waals surface area contributed by atoms with Crippen molar-refractivity contribution >= 4 is 17.5 Å². The molecule has 0 radical (unpaired) electrons. The summed E-state index contributed by atoms with van der Waals surface area (Å²) in [5.41, 5.74) is 8.92. The largest absolute Gasteiger partial charge is 0.356 e. The van der Waals surface area contributed by atoms with Crippen LogP contribution in [0.5, 0.6) is 0 Å². The molecular weight excluding hydrogens is 392 g/mol. The van der Waals surface area contributed by atoms with Crippen molar-refractivity contribution < 1.29 is 0 Å². The summed E-state index contributed by atoms with van der Waals surface area (Å²) >= 11 is 0. The summed E-state index contributed by atoms with van der Waals surface area (Å²) in [5, 5.41) is 0. The highest BCUT2D eigenvalue weighted by atomic mass is 15.3. The first-order valence-corrected chi connectivity index (χ1v) is 12.0. The number of aryl methyl sites for hydroxylation is 4. The fourth-order valence-electron chi connectivity index (χ4n) is 5.08. The summed E-state index contributed by atoms with van der Waals surface area (Å²) in [6, 6.07) is 15.3. The molecule has 4 nitrogen and oxygen atoms in total. The van der Waals surface area contributed by atoms with Gasteiger partial charge in [0.2, 0.25) is 5.95 Å². The molecule has 0 saturated carbocycles. The van der Waals surface area contributed by atoms with Crippen LogP contribution in [0.2, 0.25) is 0 Å². The zero-order chi connectivity index (χ0) is 22.7. The second-order valence-electron chi connectivity index (χ2n) is 9.08. The molecule has 0 saturated heterocycles. The maximum Gasteiger partial charge on any atom is 0.232 e. The van der Waals surface area contributed by atoms with E-state index in [0.717, 1.165) is 49.9 Å². The van der Waals surface area contributed by atoms with Gasteiger partial charge in [-0.3, -0.25) is 0 Å².